The second-order valence-electron chi connectivity index (χ2n) is 8.02. The SMILES string of the molecule is Cc1ccccc1-n1nc(C(=O)Nc2cccc(Cl)c2)cc1-c1ccc(-c2ccccc2)cc1. The normalized spacial score (nSPS) is 10.8. The zero-order chi connectivity index (χ0) is 23.5. The Bertz CT molecular complexity index is 1460. The Balaban J connectivity index is 1.55. The maximum atomic E-state index is 13.0. The molecule has 0 fully saturated rings. The van der Waals surface area contributed by atoms with Crippen molar-refractivity contribution in [2.75, 3.05) is 5.32 Å². The first kappa shape index (κ1) is 21.7. The zero-order valence-corrected chi connectivity index (χ0v) is 19.3. The van der Waals surface area contributed by atoms with Crippen LogP contribution in [-0.2, 0) is 0 Å². The number of nitrogens with one attached hydrogen (secondary N) is 1. The number of carbonyl (C=O) groups is 1. The molecule has 0 aliphatic carbocycles. The Morgan fingerprint density at radius 2 is 1.44 bits per heavy atom. The third kappa shape index (κ3) is 4.49. The van der Waals surface area contributed by atoms with Gasteiger partial charge in [0.2, 0.25) is 0 Å². The number of rotatable bonds is 5. The Hall–Kier alpha value is -4.15. The minimum Gasteiger partial charge on any atom is -0.321 e. The first-order valence-electron chi connectivity index (χ1n) is 11.0. The van der Waals surface area contributed by atoms with Crippen LogP contribution in [0.25, 0.3) is 28.1 Å². The molecule has 0 radical (unpaired) electrons. The van der Waals surface area contributed by atoms with Crippen molar-refractivity contribution in [1.29, 1.82) is 0 Å². The van der Waals surface area contributed by atoms with E-state index in [9.17, 15) is 4.79 Å². The molecule has 0 bridgehead atoms. The van der Waals surface area contributed by atoms with Gasteiger partial charge in [-0.15, -0.1) is 0 Å². The van der Waals surface area contributed by atoms with E-state index < -0.39 is 0 Å². The molecule has 4 nitrogen and oxygen atoms in total. The number of hydrogen-bond acceptors (Lipinski definition) is 2. The van der Waals surface area contributed by atoms with Crippen LogP contribution in [0.15, 0.2) is 109 Å². The lowest BCUT2D eigenvalue weighted by Crippen LogP contribution is -2.13. The number of aromatic nitrogens is 2. The lowest BCUT2D eigenvalue weighted by molar-refractivity contribution is 0.102. The summed E-state index contributed by atoms with van der Waals surface area (Å²) < 4.78 is 1.83. The van der Waals surface area contributed by atoms with E-state index in [-0.39, 0.29) is 5.91 Å². The molecule has 0 spiro atoms. The van der Waals surface area contributed by atoms with Crippen molar-refractivity contribution < 1.29 is 4.79 Å². The molecule has 5 aromatic rings. The number of carbonyl (C=O) groups excluding carboxylic acids is 1. The van der Waals surface area contributed by atoms with Crippen molar-refractivity contribution in [3.05, 3.63) is 125 Å². The van der Waals surface area contributed by atoms with Crippen molar-refractivity contribution in [2.24, 2.45) is 0 Å². The maximum Gasteiger partial charge on any atom is 0.276 e. The topological polar surface area (TPSA) is 46.9 Å². The second kappa shape index (κ2) is 9.38. The summed E-state index contributed by atoms with van der Waals surface area (Å²) in [5.74, 6) is -0.295. The van der Waals surface area contributed by atoms with Crippen LogP contribution in [0.4, 0.5) is 5.69 Å². The van der Waals surface area contributed by atoms with Crippen LogP contribution in [0, 0.1) is 6.92 Å². The average molecular weight is 464 g/mol. The van der Waals surface area contributed by atoms with Gasteiger partial charge in [-0.2, -0.15) is 5.10 Å². The molecule has 1 amide bonds. The van der Waals surface area contributed by atoms with E-state index in [1.54, 1.807) is 24.3 Å². The van der Waals surface area contributed by atoms with Crippen LogP contribution >= 0.6 is 11.6 Å². The molecular formula is C29H22ClN3O. The smallest absolute Gasteiger partial charge is 0.276 e. The van der Waals surface area contributed by atoms with Crippen LogP contribution < -0.4 is 5.32 Å². The fourth-order valence-corrected chi connectivity index (χ4v) is 4.10. The molecule has 0 saturated carbocycles. The second-order valence-corrected chi connectivity index (χ2v) is 8.46. The number of anilines is 1. The monoisotopic (exact) mass is 463 g/mol. The van der Waals surface area contributed by atoms with Crippen molar-refractivity contribution in [3.63, 3.8) is 0 Å². The molecule has 0 saturated heterocycles. The van der Waals surface area contributed by atoms with Crippen LogP contribution in [0.2, 0.25) is 5.02 Å². The average Bonchev–Trinajstić information content (AvgIpc) is 3.30. The summed E-state index contributed by atoms with van der Waals surface area (Å²) in [6.07, 6.45) is 0. The van der Waals surface area contributed by atoms with E-state index in [4.69, 9.17) is 11.6 Å². The highest BCUT2D eigenvalue weighted by molar-refractivity contribution is 6.31. The van der Waals surface area contributed by atoms with Gasteiger partial charge >= 0.3 is 0 Å². The number of hydrogen-bond donors (Lipinski definition) is 1. The Labute approximate surface area is 203 Å². The van der Waals surface area contributed by atoms with E-state index in [2.05, 4.69) is 46.8 Å². The van der Waals surface area contributed by atoms with E-state index in [0.717, 1.165) is 33.6 Å². The molecule has 5 rings (SSSR count). The van der Waals surface area contributed by atoms with Gasteiger partial charge < -0.3 is 5.32 Å². The summed E-state index contributed by atoms with van der Waals surface area (Å²) >= 11 is 6.07. The number of benzene rings is 4. The minimum atomic E-state index is -0.295. The summed E-state index contributed by atoms with van der Waals surface area (Å²) in [7, 11) is 0. The molecule has 0 aliphatic rings. The van der Waals surface area contributed by atoms with E-state index in [0.29, 0.717) is 16.4 Å². The predicted octanol–water partition coefficient (Wildman–Crippen LogP) is 7.42. The van der Waals surface area contributed by atoms with Crippen LogP contribution in [0.5, 0.6) is 0 Å². The number of para-hydroxylation sites is 1. The van der Waals surface area contributed by atoms with E-state index in [1.165, 1.54) is 0 Å². The summed E-state index contributed by atoms with van der Waals surface area (Å²) in [4.78, 5) is 13.0. The lowest BCUT2D eigenvalue weighted by atomic mass is 10.0. The Morgan fingerprint density at radius 1 is 0.765 bits per heavy atom. The zero-order valence-electron chi connectivity index (χ0n) is 18.6. The highest BCUT2D eigenvalue weighted by Crippen LogP contribution is 2.29. The van der Waals surface area contributed by atoms with E-state index >= 15 is 0 Å². The summed E-state index contributed by atoms with van der Waals surface area (Å²) in [5, 5.41) is 8.13. The van der Waals surface area contributed by atoms with E-state index in [1.807, 2.05) is 60.1 Å². The predicted molar refractivity (Wildman–Crippen MR) is 139 cm³/mol. The molecule has 0 aliphatic heterocycles. The molecular weight excluding hydrogens is 442 g/mol. The lowest BCUT2D eigenvalue weighted by Gasteiger charge is -2.11. The third-order valence-electron chi connectivity index (χ3n) is 5.66. The molecule has 34 heavy (non-hydrogen) atoms. The largest absolute Gasteiger partial charge is 0.321 e. The van der Waals surface area contributed by atoms with Gasteiger partial charge in [-0.05, 0) is 53.9 Å². The molecule has 166 valence electrons. The highest BCUT2D eigenvalue weighted by Gasteiger charge is 2.18. The first-order chi connectivity index (χ1) is 16.6. The molecule has 0 atom stereocenters. The fourth-order valence-electron chi connectivity index (χ4n) is 3.91. The van der Waals surface area contributed by atoms with Gasteiger partial charge in [0.1, 0.15) is 0 Å². The molecule has 5 heteroatoms. The molecule has 0 unspecified atom stereocenters. The quantitative estimate of drug-likeness (QED) is 0.294. The number of halogens is 1. The third-order valence-corrected chi connectivity index (χ3v) is 5.89. The van der Waals surface area contributed by atoms with Crippen molar-refractivity contribution >= 4 is 23.2 Å². The van der Waals surface area contributed by atoms with Gasteiger partial charge in [0.05, 0.1) is 11.4 Å². The maximum absolute atomic E-state index is 13.0. The van der Waals surface area contributed by atoms with Gasteiger partial charge in [0.25, 0.3) is 5.91 Å². The van der Waals surface area contributed by atoms with Crippen LogP contribution in [-0.4, -0.2) is 15.7 Å². The standard InChI is InChI=1S/C29H22ClN3O/c1-20-8-5-6-13-27(20)33-28(23-16-14-22(15-17-23)21-9-3-2-4-10-21)19-26(32-33)29(34)31-25-12-7-11-24(30)18-25/h2-19H,1H3,(H,31,34). The Morgan fingerprint density at radius 3 is 2.18 bits per heavy atom. The summed E-state index contributed by atoms with van der Waals surface area (Å²) in [5.41, 5.74) is 7.03. The molecule has 1 heterocycles. The van der Waals surface area contributed by atoms with Gasteiger partial charge in [0.15, 0.2) is 5.69 Å². The van der Waals surface area contributed by atoms with Crippen LogP contribution in [0.1, 0.15) is 16.1 Å². The number of aryl methyl sites for hydroxylation is 1. The fraction of sp³-hybridized carbons (Fsp3) is 0.0345. The first-order valence-corrected chi connectivity index (χ1v) is 11.4. The molecule has 1 aromatic heterocycles. The summed E-state index contributed by atoms with van der Waals surface area (Å²) in [6.45, 7) is 2.03. The highest BCUT2D eigenvalue weighted by atomic mass is 35.5. The van der Waals surface area contributed by atoms with Crippen molar-refractivity contribution in [2.45, 2.75) is 6.92 Å². The Kier molecular flexibility index (Phi) is 5.98. The number of amides is 1. The molecule has 1 N–H and O–H groups in total. The van der Waals surface area contributed by atoms with Gasteiger partial charge in [-0.25, -0.2) is 4.68 Å². The van der Waals surface area contributed by atoms with Crippen molar-refractivity contribution in [1.82, 2.24) is 9.78 Å². The van der Waals surface area contributed by atoms with Crippen molar-refractivity contribution in [3.8, 4) is 28.1 Å². The van der Waals surface area contributed by atoms with Gasteiger partial charge in [-0.3, -0.25) is 4.79 Å². The minimum absolute atomic E-state index is 0.295. The molecule has 4 aromatic carbocycles. The summed E-state index contributed by atoms with van der Waals surface area (Å²) in [6, 6.07) is 35.4. The number of nitrogens with zero attached hydrogens (tertiary/aromatic N) is 2. The van der Waals surface area contributed by atoms with Gasteiger partial charge in [-0.1, -0.05) is 90.5 Å². The van der Waals surface area contributed by atoms with Gasteiger partial charge in [0, 0.05) is 16.3 Å². The van der Waals surface area contributed by atoms with Crippen LogP contribution in [0.3, 0.4) is 0 Å².